The van der Waals surface area contributed by atoms with Gasteiger partial charge in [0.25, 0.3) is 0 Å². The van der Waals surface area contributed by atoms with Crippen molar-refractivity contribution < 1.29 is 9.59 Å². The molecule has 0 unspecified atom stereocenters. The van der Waals surface area contributed by atoms with Crippen molar-refractivity contribution in [2.75, 3.05) is 23.5 Å². The van der Waals surface area contributed by atoms with E-state index in [4.69, 9.17) is 23.2 Å². The van der Waals surface area contributed by atoms with Crippen LogP contribution in [-0.4, -0.2) is 44.8 Å². The van der Waals surface area contributed by atoms with Gasteiger partial charge in [0, 0.05) is 22.6 Å². The minimum absolute atomic E-state index is 0.178. The van der Waals surface area contributed by atoms with Crippen LogP contribution in [0.2, 0.25) is 0 Å². The van der Waals surface area contributed by atoms with Gasteiger partial charge in [-0.15, -0.1) is 46.7 Å². The van der Waals surface area contributed by atoms with Gasteiger partial charge in [0.1, 0.15) is 5.41 Å². The quantitative estimate of drug-likeness (QED) is 0.432. The molecule has 0 aromatic rings. The highest BCUT2D eigenvalue weighted by Gasteiger charge is 2.37. The average molecular weight is 403 g/mol. The zero-order valence-electron chi connectivity index (χ0n) is 14.7. The van der Waals surface area contributed by atoms with E-state index in [1.54, 1.807) is 37.4 Å². The lowest BCUT2D eigenvalue weighted by molar-refractivity contribution is -0.141. The summed E-state index contributed by atoms with van der Waals surface area (Å²) in [5.41, 5.74) is -1.14. The van der Waals surface area contributed by atoms with Gasteiger partial charge in [0.2, 0.25) is 11.8 Å². The fourth-order valence-corrected chi connectivity index (χ4v) is 4.24. The molecule has 0 atom stereocenters. The third-order valence-electron chi connectivity index (χ3n) is 3.38. The van der Waals surface area contributed by atoms with Gasteiger partial charge >= 0.3 is 0 Å². The van der Waals surface area contributed by atoms with Gasteiger partial charge in [-0.05, 0) is 41.5 Å². The normalized spacial score (nSPS) is 12.9. The summed E-state index contributed by atoms with van der Waals surface area (Å²) in [6.45, 7) is 12.2. The summed E-state index contributed by atoms with van der Waals surface area (Å²) in [4.78, 5) is 24.7. The topological polar surface area (TPSA) is 58.2 Å². The molecule has 0 spiro atoms. The molecule has 0 aliphatic rings. The summed E-state index contributed by atoms with van der Waals surface area (Å²) in [6.07, 6.45) is 0. The number of carbonyl (C=O) groups is 2. The summed E-state index contributed by atoms with van der Waals surface area (Å²) >= 11 is 14.5. The predicted molar refractivity (Wildman–Crippen MR) is 105 cm³/mol. The Morgan fingerprint density at radius 3 is 1.35 bits per heavy atom. The number of carbonyl (C=O) groups excluding carboxylic acids is 2. The molecule has 0 rings (SSSR count). The minimum Gasteiger partial charge on any atom is -0.354 e. The van der Waals surface area contributed by atoms with Gasteiger partial charge in [-0.3, -0.25) is 9.59 Å². The lowest BCUT2D eigenvalue weighted by atomic mass is 9.90. The Balaban J connectivity index is 4.59. The molecule has 23 heavy (non-hydrogen) atoms. The molecular weight excluding hydrogens is 375 g/mol. The van der Waals surface area contributed by atoms with E-state index in [9.17, 15) is 9.59 Å². The van der Waals surface area contributed by atoms with Gasteiger partial charge < -0.3 is 10.6 Å². The number of halogens is 2. The van der Waals surface area contributed by atoms with Crippen molar-refractivity contribution in [2.45, 2.75) is 51.0 Å². The standard InChI is InChI=1S/C15H28Cl2N2O2S2/c1-13(2,22-9-16)7-18-11(20)15(5,6)12(21)19-8-14(3,4)23-10-17/h7-10H2,1-6H3,(H,18,20)(H,19,21). The molecule has 0 fully saturated rings. The van der Waals surface area contributed by atoms with Crippen LogP contribution >= 0.6 is 46.7 Å². The Morgan fingerprint density at radius 1 is 0.783 bits per heavy atom. The van der Waals surface area contributed by atoms with Gasteiger partial charge in [-0.25, -0.2) is 0 Å². The molecule has 0 aromatic carbocycles. The van der Waals surface area contributed by atoms with E-state index in [-0.39, 0.29) is 21.3 Å². The lowest BCUT2D eigenvalue weighted by Gasteiger charge is -2.29. The molecule has 0 aliphatic heterocycles. The maximum absolute atomic E-state index is 12.4. The zero-order valence-corrected chi connectivity index (χ0v) is 17.9. The van der Waals surface area contributed by atoms with Crippen LogP contribution in [0.15, 0.2) is 0 Å². The summed E-state index contributed by atoms with van der Waals surface area (Å²) in [7, 11) is 0. The van der Waals surface area contributed by atoms with Crippen LogP contribution < -0.4 is 10.6 Å². The van der Waals surface area contributed by atoms with Crippen LogP contribution in [0.1, 0.15) is 41.5 Å². The van der Waals surface area contributed by atoms with Crippen molar-refractivity contribution in [3.05, 3.63) is 0 Å². The molecule has 8 heteroatoms. The second kappa shape index (κ2) is 9.64. The molecule has 0 saturated heterocycles. The largest absolute Gasteiger partial charge is 0.354 e. The molecule has 0 heterocycles. The smallest absolute Gasteiger partial charge is 0.235 e. The van der Waals surface area contributed by atoms with Crippen LogP contribution in [0.4, 0.5) is 0 Å². The van der Waals surface area contributed by atoms with Crippen LogP contribution in [-0.2, 0) is 9.59 Å². The van der Waals surface area contributed by atoms with Gasteiger partial charge in [0.05, 0.1) is 10.4 Å². The van der Waals surface area contributed by atoms with Crippen LogP contribution in [0.5, 0.6) is 0 Å². The molecule has 0 saturated carbocycles. The Bertz CT molecular complexity index is 380. The maximum atomic E-state index is 12.4. The van der Waals surface area contributed by atoms with Crippen molar-refractivity contribution in [1.82, 2.24) is 10.6 Å². The second-order valence-electron chi connectivity index (χ2n) is 7.02. The van der Waals surface area contributed by atoms with Crippen LogP contribution in [0, 0.1) is 5.41 Å². The van der Waals surface area contributed by atoms with E-state index in [2.05, 4.69) is 10.6 Å². The van der Waals surface area contributed by atoms with Crippen LogP contribution in [0.25, 0.3) is 0 Å². The monoisotopic (exact) mass is 402 g/mol. The number of amides is 2. The molecule has 136 valence electrons. The van der Waals surface area contributed by atoms with Crippen molar-refractivity contribution in [1.29, 1.82) is 0 Å². The first-order chi connectivity index (χ1) is 10.4. The molecule has 0 bridgehead atoms. The van der Waals surface area contributed by atoms with E-state index in [0.717, 1.165) is 0 Å². The van der Waals surface area contributed by atoms with Crippen LogP contribution in [0.3, 0.4) is 0 Å². The molecule has 2 amide bonds. The summed E-state index contributed by atoms with van der Waals surface area (Å²) < 4.78 is -0.355. The Hall–Kier alpha value is 0.220. The SMILES string of the molecule is CC(C)(CNC(=O)C(C)(C)C(=O)NCC(C)(C)SCCl)SCCl. The van der Waals surface area contributed by atoms with E-state index in [0.29, 0.717) is 23.5 Å². The second-order valence-corrected chi connectivity index (χ2v) is 11.6. The summed E-state index contributed by atoms with van der Waals surface area (Å²) in [5.74, 6) is -0.581. The van der Waals surface area contributed by atoms with Gasteiger partial charge in [-0.2, -0.15) is 0 Å². The summed E-state index contributed by atoms with van der Waals surface area (Å²) in [5, 5.41) is 6.61. The molecule has 0 aromatic heterocycles. The van der Waals surface area contributed by atoms with Gasteiger partial charge in [-0.1, -0.05) is 0 Å². The van der Waals surface area contributed by atoms with Crippen molar-refractivity contribution >= 4 is 58.5 Å². The number of thioether (sulfide) groups is 2. The molecular formula is C15H28Cl2N2O2S2. The maximum Gasteiger partial charge on any atom is 0.235 e. The van der Waals surface area contributed by atoms with E-state index >= 15 is 0 Å². The first kappa shape index (κ1) is 23.2. The lowest BCUT2D eigenvalue weighted by Crippen LogP contribution is -2.51. The molecule has 0 radical (unpaired) electrons. The summed E-state index contributed by atoms with van der Waals surface area (Å²) in [6, 6.07) is 0. The highest BCUT2D eigenvalue weighted by Crippen LogP contribution is 2.26. The molecule has 2 N–H and O–H groups in total. The first-order valence-corrected chi connectivity index (χ1v) is 10.4. The minimum atomic E-state index is -1.14. The van der Waals surface area contributed by atoms with E-state index in [1.807, 2.05) is 27.7 Å². The first-order valence-electron chi connectivity index (χ1n) is 7.34. The third kappa shape index (κ3) is 8.75. The number of hydrogen-bond donors (Lipinski definition) is 2. The Morgan fingerprint density at radius 2 is 1.09 bits per heavy atom. The van der Waals surface area contributed by atoms with Crippen molar-refractivity contribution in [3.8, 4) is 0 Å². The Kier molecular flexibility index (Phi) is 9.73. The Labute approximate surface area is 158 Å². The zero-order chi connectivity index (χ0) is 18.3. The van der Waals surface area contributed by atoms with E-state index < -0.39 is 5.41 Å². The highest BCUT2D eigenvalue weighted by molar-refractivity contribution is 8.01. The number of nitrogens with one attached hydrogen (secondary N) is 2. The van der Waals surface area contributed by atoms with Crippen molar-refractivity contribution in [2.24, 2.45) is 5.41 Å². The number of hydrogen-bond acceptors (Lipinski definition) is 4. The average Bonchev–Trinajstić information content (AvgIpc) is 2.42. The fourth-order valence-electron chi connectivity index (χ4n) is 1.53. The number of alkyl halides is 2. The van der Waals surface area contributed by atoms with E-state index in [1.165, 1.54) is 0 Å². The molecule has 4 nitrogen and oxygen atoms in total. The number of rotatable bonds is 10. The highest BCUT2D eigenvalue weighted by atomic mass is 35.5. The third-order valence-corrected chi connectivity index (χ3v) is 6.10. The van der Waals surface area contributed by atoms with Gasteiger partial charge in [0.15, 0.2) is 0 Å². The predicted octanol–water partition coefficient (Wildman–Crippen LogP) is 3.66. The molecule has 0 aliphatic carbocycles. The van der Waals surface area contributed by atoms with Crippen molar-refractivity contribution in [3.63, 3.8) is 0 Å². The fraction of sp³-hybridized carbons (Fsp3) is 0.867.